The summed E-state index contributed by atoms with van der Waals surface area (Å²) < 4.78 is 4.84. The molecule has 1 fully saturated rings. The van der Waals surface area contributed by atoms with Gasteiger partial charge in [0.1, 0.15) is 6.61 Å². The highest BCUT2D eigenvalue weighted by atomic mass is 16.6. The highest BCUT2D eigenvalue weighted by Gasteiger charge is 2.25. The number of hydrogen-bond donors (Lipinski definition) is 1. The molecule has 2 rings (SSSR count). The van der Waals surface area contributed by atoms with Crippen molar-refractivity contribution < 1.29 is 19.4 Å². The van der Waals surface area contributed by atoms with Crippen LogP contribution in [0.5, 0.6) is 0 Å². The summed E-state index contributed by atoms with van der Waals surface area (Å²) in [6.45, 7) is 1.69. The van der Waals surface area contributed by atoms with Gasteiger partial charge in [0.2, 0.25) is 0 Å². The Kier molecular flexibility index (Phi) is 4.95. The second-order valence-corrected chi connectivity index (χ2v) is 4.48. The Morgan fingerprint density at radius 2 is 1.65 bits per heavy atom. The van der Waals surface area contributed by atoms with Crippen molar-refractivity contribution in [1.29, 1.82) is 0 Å². The number of carbonyl (C=O) groups excluding carboxylic acids is 2. The lowest BCUT2D eigenvalue weighted by atomic mass is 10.2. The topological polar surface area (TPSA) is 70.1 Å². The molecule has 0 unspecified atom stereocenters. The number of piperazine rings is 1. The molecule has 0 bridgehead atoms. The van der Waals surface area contributed by atoms with E-state index in [2.05, 4.69) is 0 Å². The number of rotatable bonds is 3. The van der Waals surface area contributed by atoms with Crippen molar-refractivity contribution in [2.45, 2.75) is 0 Å². The molecule has 1 N–H and O–H groups in total. The van der Waals surface area contributed by atoms with E-state index in [1.807, 2.05) is 18.2 Å². The Labute approximate surface area is 117 Å². The van der Waals surface area contributed by atoms with Gasteiger partial charge in [0.15, 0.2) is 0 Å². The molecule has 0 radical (unpaired) electrons. The van der Waals surface area contributed by atoms with Gasteiger partial charge >= 0.3 is 6.09 Å². The molecular weight excluding hydrogens is 260 g/mol. The fourth-order valence-corrected chi connectivity index (χ4v) is 2.08. The second kappa shape index (κ2) is 6.91. The smallest absolute Gasteiger partial charge is 0.409 e. The molecule has 0 saturated carbocycles. The van der Waals surface area contributed by atoms with Crippen LogP contribution in [0, 0.1) is 0 Å². The number of benzene rings is 1. The Morgan fingerprint density at radius 1 is 1.05 bits per heavy atom. The van der Waals surface area contributed by atoms with Crippen LogP contribution in [-0.4, -0.2) is 66.3 Å². The normalized spacial score (nSPS) is 15.1. The molecule has 2 amide bonds. The lowest BCUT2D eigenvalue weighted by molar-refractivity contribution is 0.0518. The molecule has 0 aromatic heterocycles. The zero-order valence-corrected chi connectivity index (χ0v) is 11.2. The van der Waals surface area contributed by atoms with Crippen molar-refractivity contribution in [2.75, 3.05) is 39.4 Å². The molecule has 1 aliphatic heterocycles. The minimum Gasteiger partial charge on any atom is -0.447 e. The molecule has 0 aliphatic carbocycles. The average Bonchev–Trinajstić information content (AvgIpc) is 2.53. The molecule has 6 heteroatoms. The molecule has 1 heterocycles. The number of amides is 2. The van der Waals surface area contributed by atoms with Crippen LogP contribution in [0.1, 0.15) is 10.4 Å². The Morgan fingerprint density at radius 3 is 2.25 bits per heavy atom. The Balaban J connectivity index is 1.85. The molecule has 1 aliphatic rings. The third kappa shape index (κ3) is 3.48. The van der Waals surface area contributed by atoms with E-state index in [9.17, 15) is 9.59 Å². The largest absolute Gasteiger partial charge is 0.447 e. The van der Waals surface area contributed by atoms with E-state index in [0.29, 0.717) is 31.7 Å². The number of ether oxygens (including phenoxy) is 1. The zero-order valence-electron chi connectivity index (χ0n) is 11.2. The van der Waals surface area contributed by atoms with E-state index in [-0.39, 0.29) is 19.1 Å². The molecule has 108 valence electrons. The molecule has 1 aromatic rings. The van der Waals surface area contributed by atoms with Gasteiger partial charge in [0.25, 0.3) is 5.91 Å². The van der Waals surface area contributed by atoms with E-state index in [0.717, 1.165) is 0 Å². The minimum atomic E-state index is -0.439. The summed E-state index contributed by atoms with van der Waals surface area (Å²) >= 11 is 0. The van der Waals surface area contributed by atoms with Gasteiger partial charge < -0.3 is 19.6 Å². The summed E-state index contributed by atoms with van der Waals surface area (Å²) in [6, 6.07) is 9.09. The first-order chi connectivity index (χ1) is 9.72. The maximum atomic E-state index is 12.2. The number of carbonyl (C=O) groups is 2. The fraction of sp³-hybridized carbons (Fsp3) is 0.429. The van der Waals surface area contributed by atoms with E-state index in [1.165, 1.54) is 0 Å². The second-order valence-electron chi connectivity index (χ2n) is 4.48. The zero-order chi connectivity index (χ0) is 14.4. The summed E-state index contributed by atoms with van der Waals surface area (Å²) in [7, 11) is 0. The Hall–Kier alpha value is -2.08. The fourth-order valence-electron chi connectivity index (χ4n) is 2.08. The van der Waals surface area contributed by atoms with Crippen LogP contribution < -0.4 is 0 Å². The van der Waals surface area contributed by atoms with Crippen molar-refractivity contribution in [2.24, 2.45) is 0 Å². The van der Waals surface area contributed by atoms with Gasteiger partial charge in [-0.15, -0.1) is 0 Å². The van der Waals surface area contributed by atoms with Gasteiger partial charge in [-0.25, -0.2) is 4.79 Å². The minimum absolute atomic E-state index is 0.00198. The van der Waals surface area contributed by atoms with Crippen molar-refractivity contribution in [3.8, 4) is 0 Å². The van der Waals surface area contributed by atoms with Crippen molar-refractivity contribution in [3.05, 3.63) is 35.9 Å². The highest BCUT2D eigenvalue weighted by molar-refractivity contribution is 5.94. The molecule has 1 saturated heterocycles. The van der Waals surface area contributed by atoms with E-state index in [1.54, 1.807) is 21.9 Å². The quantitative estimate of drug-likeness (QED) is 0.877. The van der Waals surface area contributed by atoms with Crippen molar-refractivity contribution >= 4 is 12.0 Å². The lowest BCUT2D eigenvalue weighted by Gasteiger charge is -2.34. The molecule has 1 aromatic carbocycles. The molecule has 6 nitrogen and oxygen atoms in total. The van der Waals surface area contributed by atoms with Crippen LogP contribution in [0.15, 0.2) is 30.3 Å². The number of hydrogen-bond acceptors (Lipinski definition) is 4. The van der Waals surface area contributed by atoms with Gasteiger partial charge in [-0.05, 0) is 12.1 Å². The number of aliphatic hydroxyl groups excluding tert-OH is 1. The van der Waals surface area contributed by atoms with Gasteiger partial charge in [-0.2, -0.15) is 0 Å². The predicted molar refractivity (Wildman–Crippen MR) is 72.4 cm³/mol. The third-order valence-corrected chi connectivity index (χ3v) is 3.16. The number of aliphatic hydroxyl groups is 1. The van der Waals surface area contributed by atoms with Gasteiger partial charge in [0, 0.05) is 31.7 Å². The monoisotopic (exact) mass is 278 g/mol. The first-order valence-corrected chi connectivity index (χ1v) is 6.59. The van der Waals surface area contributed by atoms with Crippen LogP contribution in [0.4, 0.5) is 4.79 Å². The SMILES string of the molecule is O=C(OCCO)N1CCN(C(=O)c2ccccc2)CC1. The summed E-state index contributed by atoms with van der Waals surface area (Å²) in [5.41, 5.74) is 0.656. The molecule has 20 heavy (non-hydrogen) atoms. The summed E-state index contributed by atoms with van der Waals surface area (Å²) in [5, 5.41) is 8.61. The highest BCUT2D eigenvalue weighted by Crippen LogP contribution is 2.09. The van der Waals surface area contributed by atoms with Crippen LogP contribution in [0.2, 0.25) is 0 Å². The molecule has 0 atom stereocenters. The first kappa shape index (κ1) is 14.3. The average molecular weight is 278 g/mol. The third-order valence-electron chi connectivity index (χ3n) is 3.16. The predicted octanol–water partition coefficient (Wildman–Crippen LogP) is 0.573. The standard InChI is InChI=1S/C14H18N2O4/c17-10-11-20-14(19)16-8-6-15(7-9-16)13(18)12-4-2-1-3-5-12/h1-5,17H,6-11H2. The molecule has 0 spiro atoms. The van der Waals surface area contributed by atoms with Gasteiger partial charge in [0.05, 0.1) is 6.61 Å². The van der Waals surface area contributed by atoms with Gasteiger partial charge in [-0.3, -0.25) is 4.79 Å². The van der Waals surface area contributed by atoms with E-state index < -0.39 is 6.09 Å². The summed E-state index contributed by atoms with van der Waals surface area (Å²) in [5.74, 6) is -0.0195. The lowest BCUT2D eigenvalue weighted by Crippen LogP contribution is -2.50. The van der Waals surface area contributed by atoms with E-state index in [4.69, 9.17) is 9.84 Å². The van der Waals surface area contributed by atoms with Crippen LogP contribution in [0.3, 0.4) is 0 Å². The molecular formula is C14H18N2O4. The van der Waals surface area contributed by atoms with E-state index >= 15 is 0 Å². The van der Waals surface area contributed by atoms with Crippen LogP contribution in [-0.2, 0) is 4.74 Å². The number of nitrogens with zero attached hydrogens (tertiary/aromatic N) is 2. The first-order valence-electron chi connectivity index (χ1n) is 6.59. The van der Waals surface area contributed by atoms with Crippen molar-refractivity contribution in [3.63, 3.8) is 0 Å². The maximum absolute atomic E-state index is 12.2. The Bertz CT molecular complexity index is 456. The summed E-state index contributed by atoms with van der Waals surface area (Å²) in [4.78, 5) is 27.1. The van der Waals surface area contributed by atoms with Gasteiger partial charge in [-0.1, -0.05) is 18.2 Å². The van der Waals surface area contributed by atoms with Crippen LogP contribution >= 0.6 is 0 Å². The maximum Gasteiger partial charge on any atom is 0.409 e. The summed E-state index contributed by atoms with van der Waals surface area (Å²) in [6.07, 6.45) is -0.439. The van der Waals surface area contributed by atoms with Crippen molar-refractivity contribution in [1.82, 2.24) is 9.80 Å². The van der Waals surface area contributed by atoms with Crippen LogP contribution in [0.25, 0.3) is 0 Å².